The van der Waals surface area contributed by atoms with Gasteiger partial charge >= 0.3 is 6.03 Å². The number of nitrogens with one attached hydrogen (secondary N) is 2. The first-order valence-electron chi connectivity index (χ1n) is 7.77. The maximum absolute atomic E-state index is 12.0. The third-order valence-corrected chi connectivity index (χ3v) is 4.35. The number of hydrogen-bond donors (Lipinski definition) is 3. The molecular weight excluding hydrogens is 310 g/mol. The van der Waals surface area contributed by atoms with Crippen molar-refractivity contribution in [3.05, 3.63) is 64.2 Å². The molecule has 23 heavy (non-hydrogen) atoms. The van der Waals surface area contributed by atoms with E-state index in [2.05, 4.69) is 16.7 Å². The first-order chi connectivity index (χ1) is 11.1. The molecule has 0 fully saturated rings. The van der Waals surface area contributed by atoms with Gasteiger partial charge in [0.25, 0.3) is 0 Å². The van der Waals surface area contributed by atoms with Gasteiger partial charge in [-0.2, -0.15) is 0 Å². The van der Waals surface area contributed by atoms with Crippen molar-refractivity contribution < 1.29 is 4.79 Å². The summed E-state index contributed by atoms with van der Waals surface area (Å²) in [6, 6.07) is 13.5. The van der Waals surface area contributed by atoms with Crippen LogP contribution in [0, 0.1) is 0 Å². The molecule has 0 saturated carbocycles. The smallest absolute Gasteiger partial charge is 0.319 e. The highest BCUT2D eigenvalue weighted by molar-refractivity contribution is 6.30. The van der Waals surface area contributed by atoms with E-state index >= 15 is 0 Å². The number of amides is 2. The number of carbonyl (C=O) groups is 1. The molecule has 1 aliphatic carbocycles. The molecule has 1 aliphatic rings. The molecule has 1 atom stereocenters. The molecule has 0 radical (unpaired) electrons. The molecule has 2 amide bonds. The van der Waals surface area contributed by atoms with Crippen LogP contribution in [0.4, 0.5) is 10.5 Å². The maximum Gasteiger partial charge on any atom is 0.319 e. The van der Waals surface area contributed by atoms with Gasteiger partial charge in [0.1, 0.15) is 0 Å². The van der Waals surface area contributed by atoms with Crippen molar-refractivity contribution in [1.29, 1.82) is 0 Å². The average molecular weight is 330 g/mol. The molecule has 0 bridgehead atoms. The normalized spacial score (nSPS) is 16.5. The predicted octanol–water partition coefficient (Wildman–Crippen LogP) is 3.48. The Morgan fingerprint density at radius 2 is 1.96 bits per heavy atom. The fourth-order valence-corrected chi connectivity index (χ4v) is 2.95. The van der Waals surface area contributed by atoms with Gasteiger partial charge in [-0.25, -0.2) is 4.79 Å². The van der Waals surface area contributed by atoms with Crippen LogP contribution in [0.25, 0.3) is 0 Å². The lowest BCUT2D eigenvalue weighted by Gasteiger charge is -2.22. The molecule has 4 N–H and O–H groups in total. The van der Waals surface area contributed by atoms with Crippen LogP contribution in [0.5, 0.6) is 0 Å². The number of hydrogen-bond acceptors (Lipinski definition) is 2. The third-order valence-electron chi connectivity index (χ3n) is 4.10. The fraction of sp³-hybridized carbons (Fsp3) is 0.278. The van der Waals surface area contributed by atoms with Gasteiger partial charge in [0.05, 0.1) is 0 Å². The van der Waals surface area contributed by atoms with Crippen LogP contribution < -0.4 is 16.4 Å². The van der Waals surface area contributed by atoms with Crippen molar-refractivity contribution in [2.24, 2.45) is 5.73 Å². The number of carbonyl (C=O) groups excluding carboxylic acids is 1. The summed E-state index contributed by atoms with van der Waals surface area (Å²) in [5.74, 6) is 0. The molecular formula is C18H20ClN3O. The van der Waals surface area contributed by atoms with Crippen LogP contribution in [-0.4, -0.2) is 12.1 Å². The Kier molecular flexibility index (Phi) is 4.84. The van der Waals surface area contributed by atoms with E-state index < -0.39 is 0 Å². The van der Waals surface area contributed by atoms with Crippen LogP contribution >= 0.6 is 11.6 Å². The monoisotopic (exact) mass is 329 g/mol. The van der Waals surface area contributed by atoms with Crippen LogP contribution in [-0.2, 0) is 19.4 Å². The Bertz CT molecular complexity index is 700. The Hall–Kier alpha value is -2.04. The molecule has 2 aromatic rings. The number of nitrogens with two attached hydrogens (primary N) is 1. The molecule has 0 spiro atoms. The minimum absolute atomic E-state index is 0.215. The summed E-state index contributed by atoms with van der Waals surface area (Å²) in [5.41, 5.74) is 10.4. The van der Waals surface area contributed by atoms with Gasteiger partial charge in [0.2, 0.25) is 0 Å². The highest BCUT2D eigenvalue weighted by Gasteiger charge is 2.15. The highest BCUT2D eigenvalue weighted by atomic mass is 35.5. The van der Waals surface area contributed by atoms with Crippen LogP contribution in [0.2, 0.25) is 5.02 Å². The van der Waals surface area contributed by atoms with Crippen LogP contribution in [0.1, 0.15) is 23.1 Å². The lowest BCUT2D eigenvalue weighted by atomic mass is 9.88. The Labute approximate surface area is 141 Å². The molecule has 0 saturated heterocycles. The zero-order valence-electron chi connectivity index (χ0n) is 12.8. The van der Waals surface area contributed by atoms with E-state index in [1.165, 1.54) is 11.1 Å². The molecule has 0 aromatic heterocycles. The molecule has 0 unspecified atom stereocenters. The van der Waals surface area contributed by atoms with Crippen molar-refractivity contribution in [3.8, 4) is 0 Å². The van der Waals surface area contributed by atoms with Gasteiger partial charge in [-0.3, -0.25) is 0 Å². The fourth-order valence-electron chi connectivity index (χ4n) is 2.82. The Balaban J connectivity index is 1.56. The number of fused-ring (bicyclic) bond motifs is 1. The zero-order valence-corrected chi connectivity index (χ0v) is 13.6. The topological polar surface area (TPSA) is 67.1 Å². The van der Waals surface area contributed by atoms with E-state index in [4.69, 9.17) is 17.3 Å². The first-order valence-corrected chi connectivity index (χ1v) is 8.14. The van der Waals surface area contributed by atoms with E-state index in [0.717, 1.165) is 30.5 Å². The van der Waals surface area contributed by atoms with Crippen molar-refractivity contribution >= 4 is 23.3 Å². The number of urea groups is 1. The second-order valence-corrected chi connectivity index (χ2v) is 6.36. The van der Waals surface area contributed by atoms with E-state index in [0.29, 0.717) is 11.6 Å². The van der Waals surface area contributed by atoms with Gasteiger partial charge in [-0.1, -0.05) is 29.8 Å². The van der Waals surface area contributed by atoms with Gasteiger partial charge in [0.15, 0.2) is 0 Å². The predicted molar refractivity (Wildman–Crippen MR) is 93.8 cm³/mol. The first kappa shape index (κ1) is 15.8. The molecule has 0 aliphatic heterocycles. The van der Waals surface area contributed by atoms with Gasteiger partial charge in [-0.15, -0.1) is 0 Å². The lowest BCUT2D eigenvalue weighted by Crippen LogP contribution is -2.29. The zero-order chi connectivity index (χ0) is 16.2. The van der Waals surface area contributed by atoms with Crippen molar-refractivity contribution in [3.63, 3.8) is 0 Å². The summed E-state index contributed by atoms with van der Waals surface area (Å²) in [7, 11) is 0. The summed E-state index contributed by atoms with van der Waals surface area (Å²) in [4.78, 5) is 12.0. The summed E-state index contributed by atoms with van der Waals surface area (Å²) >= 11 is 5.84. The maximum atomic E-state index is 12.0. The van der Waals surface area contributed by atoms with Crippen LogP contribution in [0.15, 0.2) is 42.5 Å². The number of halogens is 1. The molecule has 2 aromatic carbocycles. The average Bonchev–Trinajstić information content (AvgIpc) is 2.54. The van der Waals surface area contributed by atoms with Crippen LogP contribution in [0.3, 0.4) is 0 Å². The Morgan fingerprint density at radius 1 is 1.17 bits per heavy atom. The lowest BCUT2D eigenvalue weighted by molar-refractivity contribution is 0.251. The molecule has 0 heterocycles. The van der Waals surface area contributed by atoms with Gasteiger partial charge < -0.3 is 16.4 Å². The summed E-state index contributed by atoms with van der Waals surface area (Å²) < 4.78 is 0. The number of rotatable bonds is 3. The minimum atomic E-state index is -0.215. The van der Waals surface area contributed by atoms with Crippen molar-refractivity contribution in [2.45, 2.75) is 31.8 Å². The number of benzene rings is 2. The minimum Gasteiger partial charge on any atom is -0.334 e. The third kappa shape index (κ3) is 4.24. The second kappa shape index (κ2) is 7.02. The molecule has 120 valence electrons. The van der Waals surface area contributed by atoms with Crippen molar-refractivity contribution in [2.75, 3.05) is 5.32 Å². The van der Waals surface area contributed by atoms with E-state index in [9.17, 15) is 4.79 Å². The number of aryl methyl sites for hydroxylation is 1. The number of anilines is 1. The molecule has 4 nitrogen and oxygen atoms in total. The summed E-state index contributed by atoms with van der Waals surface area (Å²) in [6.07, 6.45) is 2.88. The largest absolute Gasteiger partial charge is 0.334 e. The SMILES string of the molecule is N[C@H]1CCc2cc(NC(=O)NCc3ccc(Cl)cc3)ccc2C1. The summed E-state index contributed by atoms with van der Waals surface area (Å²) in [6.45, 7) is 0.461. The van der Waals surface area contributed by atoms with E-state index in [1.807, 2.05) is 36.4 Å². The van der Waals surface area contributed by atoms with E-state index in [-0.39, 0.29) is 12.1 Å². The molecule has 5 heteroatoms. The Morgan fingerprint density at radius 3 is 2.74 bits per heavy atom. The highest BCUT2D eigenvalue weighted by Crippen LogP contribution is 2.23. The second-order valence-electron chi connectivity index (χ2n) is 5.92. The summed E-state index contributed by atoms with van der Waals surface area (Å²) in [5, 5.41) is 6.41. The van der Waals surface area contributed by atoms with Gasteiger partial charge in [0, 0.05) is 23.3 Å². The van der Waals surface area contributed by atoms with Gasteiger partial charge in [-0.05, 0) is 60.2 Å². The van der Waals surface area contributed by atoms with E-state index in [1.54, 1.807) is 0 Å². The standard InChI is InChI=1S/C18H20ClN3O/c19-15-5-1-12(2-6-15)11-21-18(23)22-17-8-4-13-9-16(20)7-3-14(13)10-17/h1-2,4-6,8,10,16H,3,7,9,11,20H2,(H2,21,22,23)/t16-/m0/s1. The van der Waals surface area contributed by atoms with Crippen molar-refractivity contribution in [1.82, 2.24) is 5.32 Å². The quantitative estimate of drug-likeness (QED) is 0.807. The molecule has 3 rings (SSSR count).